The highest BCUT2D eigenvalue weighted by atomic mass is 35.5. The maximum Gasteiger partial charge on any atom is 0.302 e. The molecule has 0 aliphatic carbocycles. The van der Waals surface area contributed by atoms with Gasteiger partial charge in [0, 0.05) is 43.7 Å². The van der Waals surface area contributed by atoms with E-state index in [4.69, 9.17) is 30.5 Å². The van der Waals surface area contributed by atoms with Crippen LogP contribution in [0.1, 0.15) is 13.3 Å². The summed E-state index contributed by atoms with van der Waals surface area (Å²) in [5.74, 6) is 0.854. The SMILES string of the molecule is COc1cc2ncnc(Nc3ccc(F)c(Cl)c3)c2cc1OCCCN1CCO[C@H](COC(C)=O)C1. The Hall–Kier alpha value is -3.21. The van der Waals surface area contributed by atoms with Crippen LogP contribution in [-0.4, -0.2) is 73.5 Å². The van der Waals surface area contributed by atoms with E-state index in [0.29, 0.717) is 48.3 Å². The van der Waals surface area contributed by atoms with Crippen LogP contribution in [0.3, 0.4) is 0 Å². The number of aromatic nitrogens is 2. The fourth-order valence-electron chi connectivity index (χ4n) is 3.91. The predicted molar refractivity (Wildman–Crippen MR) is 134 cm³/mol. The zero-order valence-corrected chi connectivity index (χ0v) is 20.9. The molecule has 192 valence electrons. The lowest BCUT2D eigenvalue weighted by Gasteiger charge is -2.32. The molecule has 1 N–H and O–H groups in total. The smallest absolute Gasteiger partial charge is 0.302 e. The van der Waals surface area contributed by atoms with Crippen molar-refractivity contribution >= 4 is 40.0 Å². The average molecular weight is 519 g/mol. The third-order valence-corrected chi connectivity index (χ3v) is 5.96. The van der Waals surface area contributed by atoms with Gasteiger partial charge in [0.15, 0.2) is 11.5 Å². The van der Waals surface area contributed by atoms with Crippen LogP contribution >= 0.6 is 11.6 Å². The number of esters is 1. The van der Waals surface area contributed by atoms with Gasteiger partial charge in [-0.25, -0.2) is 14.4 Å². The van der Waals surface area contributed by atoms with Crippen LogP contribution in [-0.2, 0) is 14.3 Å². The second kappa shape index (κ2) is 12.2. The number of morpholine rings is 1. The summed E-state index contributed by atoms with van der Waals surface area (Å²) in [4.78, 5) is 22.0. The molecule has 0 radical (unpaired) electrons. The van der Waals surface area contributed by atoms with E-state index in [2.05, 4.69) is 20.2 Å². The molecule has 4 rings (SSSR count). The van der Waals surface area contributed by atoms with E-state index in [9.17, 15) is 9.18 Å². The van der Waals surface area contributed by atoms with E-state index < -0.39 is 5.82 Å². The molecule has 1 aliphatic rings. The number of nitrogens with zero attached hydrogens (tertiary/aromatic N) is 3. The van der Waals surface area contributed by atoms with Gasteiger partial charge in [-0.05, 0) is 30.7 Å². The average Bonchev–Trinajstić information content (AvgIpc) is 2.87. The zero-order valence-electron chi connectivity index (χ0n) is 20.1. The Morgan fingerprint density at radius 3 is 2.92 bits per heavy atom. The quantitative estimate of drug-likeness (QED) is 0.313. The van der Waals surface area contributed by atoms with Crippen molar-refractivity contribution in [2.75, 3.05) is 51.9 Å². The van der Waals surface area contributed by atoms with E-state index in [1.54, 1.807) is 19.2 Å². The summed E-state index contributed by atoms with van der Waals surface area (Å²) in [6, 6.07) is 7.98. The van der Waals surface area contributed by atoms with Crippen LogP contribution in [0.25, 0.3) is 10.9 Å². The van der Waals surface area contributed by atoms with Crippen molar-refractivity contribution in [2.24, 2.45) is 0 Å². The van der Waals surface area contributed by atoms with Crippen LogP contribution in [0.2, 0.25) is 5.02 Å². The normalized spacial score (nSPS) is 16.1. The number of hydrogen-bond acceptors (Lipinski definition) is 9. The Balaban J connectivity index is 1.40. The fourth-order valence-corrected chi connectivity index (χ4v) is 4.09. The second-order valence-electron chi connectivity index (χ2n) is 8.29. The van der Waals surface area contributed by atoms with Gasteiger partial charge >= 0.3 is 5.97 Å². The number of methoxy groups -OCH3 is 1. The zero-order chi connectivity index (χ0) is 25.5. The molecule has 2 aromatic carbocycles. The minimum absolute atomic E-state index is 0.0158. The van der Waals surface area contributed by atoms with Crippen LogP contribution in [0.5, 0.6) is 11.5 Å². The van der Waals surface area contributed by atoms with Gasteiger partial charge in [-0.2, -0.15) is 0 Å². The van der Waals surface area contributed by atoms with Gasteiger partial charge in [0.05, 0.1) is 30.9 Å². The van der Waals surface area contributed by atoms with E-state index in [1.165, 1.54) is 25.4 Å². The molecule has 1 fully saturated rings. The number of benzene rings is 2. The molecule has 1 atom stereocenters. The van der Waals surface area contributed by atoms with E-state index in [0.717, 1.165) is 24.9 Å². The minimum atomic E-state index is -0.493. The maximum atomic E-state index is 13.5. The summed E-state index contributed by atoms with van der Waals surface area (Å²) in [5, 5.41) is 3.90. The number of fused-ring (bicyclic) bond motifs is 1. The molecular weight excluding hydrogens is 491 g/mol. The first kappa shape index (κ1) is 25.9. The molecule has 9 nitrogen and oxygen atoms in total. The molecule has 0 bridgehead atoms. The molecule has 1 aromatic heterocycles. The number of rotatable bonds is 10. The summed E-state index contributed by atoms with van der Waals surface area (Å²) in [5.41, 5.74) is 1.26. The number of hydrogen-bond donors (Lipinski definition) is 1. The van der Waals surface area contributed by atoms with Gasteiger partial charge < -0.3 is 24.3 Å². The minimum Gasteiger partial charge on any atom is -0.493 e. The van der Waals surface area contributed by atoms with Crippen molar-refractivity contribution in [3.05, 3.63) is 47.5 Å². The largest absolute Gasteiger partial charge is 0.493 e. The van der Waals surface area contributed by atoms with Gasteiger partial charge in [0.2, 0.25) is 0 Å². The summed E-state index contributed by atoms with van der Waals surface area (Å²) in [6.45, 7) is 5.05. The summed E-state index contributed by atoms with van der Waals surface area (Å²) < 4.78 is 35.8. The molecule has 2 heterocycles. The molecule has 0 amide bonds. The van der Waals surface area contributed by atoms with Gasteiger partial charge in [-0.15, -0.1) is 0 Å². The molecule has 0 unspecified atom stereocenters. The first-order valence-corrected chi connectivity index (χ1v) is 12.0. The van der Waals surface area contributed by atoms with Crippen LogP contribution in [0.15, 0.2) is 36.7 Å². The predicted octanol–water partition coefficient (Wildman–Crippen LogP) is 4.21. The standard InChI is InChI=1S/C25H28ClFN4O5/c1-16(32)36-14-18-13-31(7-9-34-18)6-3-8-35-24-11-19-22(12-23(24)33-2)28-15-29-25(19)30-17-4-5-21(27)20(26)10-17/h4-5,10-12,15,18H,3,6-9,13-14H2,1-2H3,(H,28,29,30)/t18-/m0/s1. The molecule has 36 heavy (non-hydrogen) atoms. The first-order valence-electron chi connectivity index (χ1n) is 11.6. The van der Waals surface area contributed by atoms with Crippen molar-refractivity contribution in [1.29, 1.82) is 0 Å². The highest BCUT2D eigenvalue weighted by Gasteiger charge is 2.21. The highest BCUT2D eigenvalue weighted by molar-refractivity contribution is 6.31. The monoisotopic (exact) mass is 518 g/mol. The number of anilines is 2. The molecule has 11 heteroatoms. The van der Waals surface area contributed by atoms with Crippen molar-refractivity contribution in [3.63, 3.8) is 0 Å². The Bertz CT molecular complexity index is 1210. The second-order valence-corrected chi connectivity index (χ2v) is 8.70. The van der Waals surface area contributed by atoms with Crippen molar-refractivity contribution in [3.8, 4) is 11.5 Å². The van der Waals surface area contributed by atoms with Crippen molar-refractivity contribution < 1.29 is 28.1 Å². The third kappa shape index (κ3) is 6.71. The number of nitrogens with one attached hydrogen (secondary N) is 1. The van der Waals surface area contributed by atoms with E-state index >= 15 is 0 Å². The Kier molecular flexibility index (Phi) is 8.74. The number of halogens is 2. The molecule has 1 saturated heterocycles. The van der Waals surface area contributed by atoms with E-state index in [-0.39, 0.29) is 23.7 Å². The molecule has 0 spiro atoms. The van der Waals surface area contributed by atoms with Crippen LogP contribution in [0.4, 0.5) is 15.9 Å². The van der Waals surface area contributed by atoms with Crippen LogP contribution < -0.4 is 14.8 Å². The summed E-state index contributed by atoms with van der Waals surface area (Å²) in [7, 11) is 1.58. The van der Waals surface area contributed by atoms with E-state index in [1.807, 2.05) is 6.07 Å². The summed E-state index contributed by atoms with van der Waals surface area (Å²) >= 11 is 5.91. The van der Waals surface area contributed by atoms with Gasteiger partial charge in [-0.3, -0.25) is 9.69 Å². The lowest BCUT2D eigenvalue weighted by atomic mass is 10.2. The molecular formula is C25H28ClFN4O5. The lowest BCUT2D eigenvalue weighted by molar-refractivity contribution is -0.147. The number of carbonyl (C=O) groups is 1. The molecule has 0 saturated carbocycles. The number of carbonyl (C=O) groups excluding carboxylic acids is 1. The van der Waals surface area contributed by atoms with Crippen LogP contribution in [0, 0.1) is 5.82 Å². The Morgan fingerprint density at radius 2 is 2.14 bits per heavy atom. The van der Waals surface area contributed by atoms with Crippen molar-refractivity contribution in [1.82, 2.24) is 14.9 Å². The fraction of sp³-hybridized carbons (Fsp3) is 0.400. The Morgan fingerprint density at radius 1 is 1.28 bits per heavy atom. The topological polar surface area (TPSA) is 95.0 Å². The Labute approximate surface area is 213 Å². The molecule has 3 aromatic rings. The summed E-state index contributed by atoms with van der Waals surface area (Å²) in [6.07, 6.45) is 2.10. The first-order chi connectivity index (χ1) is 17.4. The maximum absolute atomic E-state index is 13.5. The molecule has 1 aliphatic heterocycles. The van der Waals surface area contributed by atoms with Crippen molar-refractivity contribution in [2.45, 2.75) is 19.4 Å². The number of ether oxygens (including phenoxy) is 4. The third-order valence-electron chi connectivity index (χ3n) is 5.67. The lowest BCUT2D eigenvalue weighted by Crippen LogP contribution is -2.45. The van der Waals surface area contributed by atoms with Gasteiger partial charge in [0.1, 0.15) is 30.7 Å². The van der Waals surface area contributed by atoms with Gasteiger partial charge in [0.25, 0.3) is 0 Å². The highest BCUT2D eigenvalue weighted by Crippen LogP contribution is 2.35. The van der Waals surface area contributed by atoms with Gasteiger partial charge in [-0.1, -0.05) is 11.6 Å².